The zero-order valence-corrected chi connectivity index (χ0v) is 9.31. The number of carbonyl (C=O) groups is 1. The molecule has 1 rings (SSSR count). The summed E-state index contributed by atoms with van der Waals surface area (Å²) in [5.74, 6) is -0.701. The minimum Gasteiger partial charge on any atom is -0.460 e. The van der Waals surface area contributed by atoms with Crippen molar-refractivity contribution in [3.63, 3.8) is 0 Å². The predicted octanol–water partition coefficient (Wildman–Crippen LogP) is 1.20. The van der Waals surface area contributed by atoms with Gasteiger partial charge in [-0.15, -0.1) is 5.10 Å². The summed E-state index contributed by atoms with van der Waals surface area (Å²) in [6.07, 6.45) is -0.0817. The number of aromatic amines is 1. The lowest BCUT2D eigenvalue weighted by molar-refractivity contribution is -0.389. The Kier molecular flexibility index (Phi) is 3.26. The molecule has 0 aliphatic carbocycles. The summed E-state index contributed by atoms with van der Waals surface area (Å²) in [7, 11) is 0. The number of carbonyl (C=O) groups excluding carboxylic acids is 1. The molecule has 0 saturated carbocycles. The minimum atomic E-state index is -0.606. The molecule has 0 unspecified atom stereocenters. The monoisotopic (exact) mass is 227 g/mol. The first-order valence-corrected chi connectivity index (χ1v) is 4.68. The molecular formula is C9H13N3O4. The normalized spacial score (nSPS) is 11.2. The fourth-order valence-electron chi connectivity index (χ4n) is 1.06. The number of nitro groups is 1. The van der Waals surface area contributed by atoms with Gasteiger partial charge in [-0.2, -0.15) is 0 Å². The molecule has 0 radical (unpaired) electrons. The zero-order chi connectivity index (χ0) is 12.3. The number of aromatic nitrogens is 2. The van der Waals surface area contributed by atoms with E-state index in [0.29, 0.717) is 5.69 Å². The Labute approximate surface area is 91.9 Å². The maximum atomic E-state index is 11.4. The van der Waals surface area contributed by atoms with E-state index in [-0.39, 0.29) is 12.2 Å². The van der Waals surface area contributed by atoms with E-state index in [1.165, 1.54) is 6.07 Å². The highest BCUT2D eigenvalue weighted by molar-refractivity contribution is 5.72. The molecule has 88 valence electrons. The molecule has 0 bridgehead atoms. The second-order valence-electron chi connectivity index (χ2n) is 4.26. The van der Waals surface area contributed by atoms with Gasteiger partial charge in [0.05, 0.1) is 12.5 Å². The molecule has 1 N–H and O–H groups in total. The number of H-pyrrole nitrogens is 1. The van der Waals surface area contributed by atoms with Gasteiger partial charge in [0, 0.05) is 0 Å². The molecular weight excluding hydrogens is 214 g/mol. The van der Waals surface area contributed by atoms with Crippen molar-refractivity contribution in [2.45, 2.75) is 32.8 Å². The fraction of sp³-hybridized carbons (Fsp3) is 0.556. The van der Waals surface area contributed by atoms with Gasteiger partial charge in [-0.05, 0) is 25.7 Å². The topological polar surface area (TPSA) is 98.1 Å². The number of esters is 1. The van der Waals surface area contributed by atoms with Gasteiger partial charge < -0.3 is 14.9 Å². The van der Waals surface area contributed by atoms with Crippen LogP contribution < -0.4 is 0 Å². The van der Waals surface area contributed by atoms with Crippen LogP contribution in [0.25, 0.3) is 0 Å². The van der Waals surface area contributed by atoms with Crippen LogP contribution in [0.5, 0.6) is 0 Å². The first-order chi connectivity index (χ1) is 7.28. The second kappa shape index (κ2) is 4.30. The molecule has 16 heavy (non-hydrogen) atoms. The largest absolute Gasteiger partial charge is 0.460 e. The van der Waals surface area contributed by atoms with Gasteiger partial charge in [0.25, 0.3) is 0 Å². The van der Waals surface area contributed by atoms with Crippen molar-refractivity contribution in [3.05, 3.63) is 21.9 Å². The SMILES string of the molecule is CC(C)(C)OC(=O)Cc1cc([N+](=O)[O-])[nH]n1. The molecule has 0 spiro atoms. The fourth-order valence-corrected chi connectivity index (χ4v) is 1.06. The highest BCUT2D eigenvalue weighted by atomic mass is 16.6. The molecule has 7 nitrogen and oxygen atoms in total. The average Bonchev–Trinajstić information content (AvgIpc) is 2.48. The summed E-state index contributed by atoms with van der Waals surface area (Å²) in [6.45, 7) is 5.24. The van der Waals surface area contributed by atoms with E-state index in [1.807, 2.05) is 0 Å². The first-order valence-electron chi connectivity index (χ1n) is 4.68. The lowest BCUT2D eigenvalue weighted by atomic mass is 10.2. The van der Waals surface area contributed by atoms with Crippen LogP contribution in [0.2, 0.25) is 0 Å². The van der Waals surface area contributed by atoms with Crippen molar-refractivity contribution < 1.29 is 14.5 Å². The molecule has 1 aromatic rings. The molecule has 0 aromatic carbocycles. The predicted molar refractivity (Wildman–Crippen MR) is 54.8 cm³/mol. The Balaban J connectivity index is 2.60. The van der Waals surface area contributed by atoms with Crippen molar-refractivity contribution in [2.75, 3.05) is 0 Å². The summed E-state index contributed by atoms with van der Waals surface area (Å²) in [5, 5.41) is 16.2. The van der Waals surface area contributed by atoms with Crippen molar-refractivity contribution in [1.82, 2.24) is 10.2 Å². The van der Waals surface area contributed by atoms with Crippen LogP contribution >= 0.6 is 0 Å². The Morgan fingerprint density at radius 2 is 2.25 bits per heavy atom. The summed E-state index contributed by atoms with van der Waals surface area (Å²) in [4.78, 5) is 21.1. The third-order valence-electron chi connectivity index (χ3n) is 1.56. The third kappa shape index (κ3) is 3.68. The Morgan fingerprint density at radius 3 is 2.69 bits per heavy atom. The van der Waals surface area contributed by atoms with E-state index < -0.39 is 16.5 Å². The summed E-state index contributed by atoms with van der Waals surface area (Å²) >= 11 is 0. The van der Waals surface area contributed by atoms with E-state index in [1.54, 1.807) is 20.8 Å². The highest BCUT2D eigenvalue weighted by Crippen LogP contribution is 2.12. The van der Waals surface area contributed by atoms with Crippen molar-refractivity contribution in [2.24, 2.45) is 0 Å². The molecule has 1 aromatic heterocycles. The lowest BCUT2D eigenvalue weighted by Gasteiger charge is -2.18. The standard InChI is InChI=1S/C9H13N3O4/c1-9(2,3)16-8(13)5-6-4-7(11-10-6)12(14)15/h4H,5H2,1-3H3,(H,10,11). The van der Waals surface area contributed by atoms with Gasteiger partial charge in [-0.3, -0.25) is 4.79 Å². The van der Waals surface area contributed by atoms with E-state index in [9.17, 15) is 14.9 Å². The molecule has 0 aliphatic rings. The van der Waals surface area contributed by atoms with Gasteiger partial charge >= 0.3 is 11.8 Å². The number of nitrogens with one attached hydrogen (secondary N) is 1. The van der Waals surface area contributed by atoms with Crippen molar-refractivity contribution >= 4 is 11.8 Å². The van der Waals surface area contributed by atoms with E-state index >= 15 is 0 Å². The number of hydrogen-bond donors (Lipinski definition) is 1. The van der Waals surface area contributed by atoms with Crippen LogP contribution in [-0.4, -0.2) is 26.7 Å². The number of rotatable bonds is 3. The van der Waals surface area contributed by atoms with Gasteiger partial charge in [0.1, 0.15) is 11.3 Å². The number of hydrogen-bond acceptors (Lipinski definition) is 5. The van der Waals surface area contributed by atoms with Gasteiger partial charge in [0.2, 0.25) is 0 Å². The maximum absolute atomic E-state index is 11.4. The molecule has 0 aliphatic heterocycles. The zero-order valence-electron chi connectivity index (χ0n) is 9.31. The third-order valence-corrected chi connectivity index (χ3v) is 1.56. The Hall–Kier alpha value is -1.92. The number of nitrogens with zero attached hydrogens (tertiary/aromatic N) is 2. The smallest absolute Gasteiger partial charge is 0.342 e. The highest BCUT2D eigenvalue weighted by Gasteiger charge is 2.19. The quantitative estimate of drug-likeness (QED) is 0.475. The van der Waals surface area contributed by atoms with Crippen LogP contribution in [-0.2, 0) is 16.0 Å². The molecule has 7 heteroatoms. The van der Waals surface area contributed by atoms with E-state index in [0.717, 1.165) is 0 Å². The van der Waals surface area contributed by atoms with E-state index in [2.05, 4.69) is 10.2 Å². The molecule has 0 saturated heterocycles. The van der Waals surface area contributed by atoms with Crippen molar-refractivity contribution in [3.8, 4) is 0 Å². The van der Waals surface area contributed by atoms with E-state index in [4.69, 9.17) is 4.74 Å². The molecule has 1 heterocycles. The van der Waals surface area contributed by atoms with Crippen LogP contribution in [0, 0.1) is 10.1 Å². The summed E-state index contributed by atoms with van der Waals surface area (Å²) < 4.78 is 5.05. The average molecular weight is 227 g/mol. The summed E-state index contributed by atoms with van der Waals surface area (Å²) in [6, 6.07) is 1.21. The Morgan fingerprint density at radius 1 is 1.62 bits per heavy atom. The van der Waals surface area contributed by atoms with Gasteiger partial charge in [-0.25, -0.2) is 0 Å². The van der Waals surface area contributed by atoms with Crippen LogP contribution in [0.1, 0.15) is 26.5 Å². The number of ether oxygens (including phenoxy) is 1. The summed E-state index contributed by atoms with van der Waals surface area (Å²) in [5.41, 5.74) is -0.278. The first kappa shape index (κ1) is 12.2. The molecule has 0 fully saturated rings. The maximum Gasteiger partial charge on any atom is 0.342 e. The minimum absolute atomic E-state index is 0.0817. The Bertz CT molecular complexity index is 405. The molecule has 0 atom stereocenters. The molecule has 0 amide bonds. The lowest BCUT2D eigenvalue weighted by Crippen LogP contribution is -2.24. The van der Waals surface area contributed by atoms with Gasteiger partial charge in [0.15, 0.2) is 0 Å². The second-order valence-corrected chi connectivity index (χ2v) is 4.26. The van der Waals surface area contributed by atoms with Crippen LogP contribution in [0.4, 0.5) is 5.82 Å². The van der Waals surface area contributed by atoms with Crippen LogP contribution in [0.3, 0.4) is 0 Å². The van der Waals surface area contributed by atoms with Crippen molar-refractivity contribution in [1.29, 1.82) is 0 Å². The van der Waals surface area contributed by atoms with Gasteiger partial charge in [-0.1, -0.05) is 5.10 Å². The van der Waals surface area contributed by atoms with Crippen LogP contribution in [0.15, 0.2) is 6.07 Å².